The van der Waals surface area contributed by atoms with Gasteiger partial charge >= 0.3 is 0 Å². The van der Waals surface area contributed by atoms with Crippen LogP contribution in [0.25, 0.3) is 5.69 Å². The van der Waals surface area contributed by atoms with Gasteiger partial charge in [0.2, 0.25) is 5.91 Å². The van der Waals surface area contributed by atoms with E-state index in [1.165, 1.54) is 11.8 Å². The minimum absolute atomic E-state index is 0.0321. The molecule has 0 aliphatic heterocycles. The molecule has 0 aliphatic rings. The maximum atomic E-state index is 12.2. The molecule has 0 fully saturated rings. The van der Waals surface area contributed by atoms with Gasteiger partial charge in [0, 0.05) is 16.2 Å². The monoisotopic (exact) mass is 395 g/mol. The summed E-state index contributed by atoms with van der Waals surface area (Å²) in [5.41, 5.74) is 0.661. The highest BCUT2D eigenvalue weighted by Crippen LogP contribution is 2.27. The zero-order valence-corrected chi connectivity index (χ0v) is 17.6. The van der Waals surface area contributed by atoms with Gasteiger partial charge in [-0.15, -0.1) is 10.2 Å². The summed E-state index contributed by atoms with van der Waals surface area (Å²) in [5, 5.41) is 13.0. The standard InChI is InChI=1S/C18H26ClN5OS/c1-12(23(5)6)16-21-22-17(26-11-15(25)20-18(2,3)4)24(16)14-9-7-13(19)8-10-14/h7-10,12H,11H2,1-6H3,(H,20,25)/t12-/m1/s1. The Labute approximate surface area is 164 Å². The van der Waals surface area contributed by atoms with E-state index in [2.05, 4.69) is 27.3 Å². The van der Waals surface area contributed by atoms with Crippen LogP contribution in [0.2, 0.25) is 5.02 Å². The fraction of sp³-hybridized carbons (Fsp3) is 0.500. The average Bonchev–Trinajstić information content (AvgIpc) is 2.95. The van der Waals surface area contributed by atoms with Crippen LogP contribution in [0.15, 0.2) is 29.4 Å². The number of nitrogens with zero attached hydrogens (tertiary/aromatic N) is 4. The minimum Gasteiger partial charge on any atom is -0.351 e. The zero-order chi connectivity index (χ0) is 19.5. The SMILES string of the molecule is C[C@H](c1nnc(SCC(=O)NC(C)(C)C)n1-c1ccc(Cl)cc1)N(C)C. The lowest BCUT2D eigenvalue weighted by Gasteiger charge is -2.21. The molecule has 0 aliphatic carbocycles. The van der Waals surface area contributed by atoms with Crippen molar-refractivity contribution in [2.45, 2.75) is 44.4 Å². The second kappa shape index (κ2) is 8.41. The molecule has 0 unspecified atom stereocenters. The van der Waals surface area contributed by atoms with E-state index in [0.717, 1.165) is 11.5 Å². The van der Waals surface area contributed by atoms with Gasteiger partial charge in [-0.05, 0) is 66.1 Å². The molecule has 0 spiro atoms. The number of halogens is 1. The molecule has 2 aromatic rings. The maximum absolute atomic E-state index is 12.2. The van der Waals surface area contributed by atoms with Crippen molar-refractivity contribution in [2.24, 2.45) is 0 Å². The Hall–Kier alpha value is -1.57. The van der Waals surface area contributed by atoms with Gasteiger partial charge in [0.15, 0.2) is 11.0 Å². The number of carbonyl (C=O) groups excluding carboxylic acids is 1. The van der Waals surface area contributed by atoms with E-state index in [9.17, 15) is 4.79 Å². The van der Waals surface area contributed by atoms with Crippen molar-refractivity contribution < 1.29 is 4.79 Å². The first kappa shape index (κ1) is 20.7. The first-order chi connectivity index (χ1) is 12.1. The zero-order valence-electron chi connectivity index (χ0n) is 16.1. The first-order valence-corrected chi connectivity index (χ1v) is 9.76. The quantitative estimate of drug-likeness (QED) is 0.758. The van der Waals surface area contributed by atoms with E-state index in [4.69, 9.17) is 11.6 Å². The van der Waals surface area contributed by atoms with Crippen molar-refractivity contribution >= 4 is 29.3 Å². The Bertz CT molecular complexity index is 752. The van der Waals surface area contributed by atoms with Crippen LogP contribution in [-0.2, 0) is 4.79 Å². The van der Waals surface area contributed by atoms with E-state index in [1.54, 1.807) is 0 Å². The molecule has 0 saturated heterocycles. The topological polar surface area (TPSA) is 63.1 Å². The van der Waals surface area contributed by atoms with Crippen molar-refractivity contribution in [3.63, 3.8) is 0 Å². The van der Waals surface area contributed by atoms with Gasteiger partial charge in [-0.25, -0.2) is 0 Å². The second-order valence-corrected chi connectivity index (χ2v) is 8.76. The van der Waals surface area contributed by atoms with Gasteiger partial charge in [-0.2, -0.15) is 0 Å². The third kappa shape index (κ3) is 5.46. The fourth-order valence-electron chi connectivity index (χ4n) is 2.29. The summed E-state index contributed by atoms with van der Waals surface area (Å²) < 4.78 is 1.98. The molecule has 1 N–H and O–H groups in total. The smallest absolute Gasteiger partial charge is 0.230 e. The van der Waals surface area contributed by atoms with Crippen LogP contribution in [-0.4, -0.2) is 51.0 Å². The van der Waals surface area contributed by atoms with Crippen LogP contribution in [0.4, 0.5) is 0 Å². The highest BCUT2D eigenvalue weighted by Gasteiger charge is 2.22. The van der Waals surface area contributed by atoms with E-state index >= 15 is 0 Å². The van der Waals surface area contributed by atoms with E-state index in [0.29, 0.717) is 10.2 Å². The number of nitrogens with one attached hydrogen (secondary N) is 1. The van der Waals surface area contributed by atoms with Crippen molar-refractivity contribution in [1.82, 2.24) is 25.0 Å². The Kier molecular flexibility index (Phi) is 6.71. The largest absolute Gasteiger partial charge is 0.351 e. The summed E-state index contributed by atoms with van der Waals surface area (Å²) in [6.45, 7) is 7.95. The maximum Gasteiger partial charge on any atom is 0.230 e. The van der Waals surface area contributed by atoms with Crippen molar-refractivity contribution in [1.29, 1.82) is 0 Å². The molecule has 0 radical (unpaired) electrons. The number of amides is 1. The highest BCUT2D eigenvalue weighted by atomic mass is 35.5. The summed E-state index contributed by atoms with van der Waals surface area (Å²) in [4.78, 5) is 14.2. The lowest BCUT2D eigenvalue weighted by atomic mass is 10.1. The van der Waals surface area contributed by atoms with Crippen LogP contribution < -0.4 is 5.32 Å². The van der Waals surface area contributed by atoms with Crippen LogP contribution in [0.3, 0.4) is 0 Å². The summed E-state index contributed by atoms with van der Waals surface area (Å²) in [6, 6.07) is 7.59. The number of aromatic nitrogens is 3. The van der Waals surface area contributed by atoms with Gasteiger partial charge in [-0.3, -0.25) is 14.3 Å². The number of hydrogen-bond donors (Lipinski definition) is 1. The van der Waals surface area contributed by atoms with Crippen molar-refractivity contribution in [2.75, 3.05) is 19.8 Å². The summed E-state index contributed by atoms with van der Waals surface area (Å²) in [6.07, 6.45) is 0. The number of hydrogen-bond acceptors (Lipinski definition) is 5. The van der Waals surface area contributed by atoms with Crippen LogP contribution in [0.1, 0.15) is 39.6 Å². The molecule has 2 rings (SSSR count). The second-order valence-electron chi connectivity index (χ2n) is 7.38. The number of rotatable bonds is 6. The lowest BCUT2D eigenvalue weighted by molar-refractivity contribution is -0.119. The first-order valence-electron chi connectivity index (χ1n) is 8.40. The summed E-state index contributed by atoms with van der Waals surface area (Å²) >= 11 is 7.39. The highest BCUT2D eigenvalue weighted by molar-refractivity contribution is 7.99. The fourth-order valence-corrected chi connectivity index (χ4v) is 3.18. The van der Waals surface area contributed by atoms with Crippen LogP contribution >= 0.6 is 23.4 Å². The van der Waals surface area contributed by atoms with Gasteiger partial charge in [-0.1, -0.05) is 23.4 Å². The Morgan fingerprint density at radius 3 is 2.42 bits per heavy atom. The molecule has 26 heavy (non-hydrogen) atoms. The molecule has 1 aromatic carbocycles. The predicted molar refractivity (Wildman–Crippen MR) is 107 cm³/mol. The lowest BCUT2D eigenvalue weighted by Crippen LogP contribution is -2.41. The molecule has 142 valence electrons. The van der Waals surface area contributed by atoms with Gasteiger partial charge in [0.25, 0.3) is 0 Å². The molecule has 1 heterocycles. The molecule has 1 aromatic heterocycles. The molecular weight excluding hydrogens is 370 g/mol. The normalized spacial score (nSPS) is 13.1. The van der Waals surface area contributed by atoms with Crippen molar-refractivity contribution in [3.8, 4) is 5.69 Å². The molecule has 1 atom stereocenters. The number of benzene rings is 1. The number of carbonyl (C=O) groups is 1. The summed E-state index contributed by atoms with van der Waals surface area (Å²) in [7, 11) is 3.99. The molecule has 6 nitrogen and oxygen atoms in total. The van der Waals surface area contributed by atoms with Crippen LogP contribution in [0, 0.1) is 0 Å². The van der Waals surface area contributed by atoms with E-state index in [1.807, 2.05) is 63.7 Å². The Morgan fingerprint density at radius 2 is 1.88 bits per heavy atom. The summed E-state index contributed by atoms with van der Waals surface area (Å²) in [5.74, 6) is 1.06. The van der Waals surface area contributed by atoms with Crippen molar-refractivity contribution in [3.05, 3.63) is 35.1 Å². The molecular formula is C18H26ClN5OS. The molecule has 8 heteroatoms. The van der Waals surface area contributed by atoms with Gasteiger partial charge < -0.3 is 5.32 Å². The number of thioether (sulfide) groups is 1. The average molecular weight is 396 g/mol. The molecule has 0 saturated carbocycles. The van der Waals surface area contributed by atoms with E-state index < -0.39 is 0 Å². The third-order valence-electron chi connectivity index (χ3n) is 3.74. The predicted octanol–water partition coefficient (Wildman–Crippen LogP) is 3.55. The van der Waals surface area contributed by atoms with Crippen LogP contribution in [0.5, 0.6) is 0 Å². The Balaban J connectivity index is 2.31. The molecule has 1 amide bonds. The van der Waals surface area contributed by atoms with Gasteiger partial charge in [0.05, 0.1) is 11.8 Å². The Morgan fingerprint density at radius 1 is 1.27 bits per heavy atom. The molecule has 0 bridgehead atoms. The third-order valence-corrected chi connectivity index (χ3v) is 4.92. The van der Waals surface area contributed by atoms with E-state index in [-0.39, 0.29) is 23.2 Å². The van der Waals surface area contributed by atoms with Gasteiger partial charge in [0.1, 0.15) is 0 Å². The minimum atomic E-state index is -0.258.